The predicted octanol–water partition coefficient (Wildman–Crippen LogP) is 2.69. The van der Waals surface area contributed by atoms with E-state index >= 15 is 0 Å². The third-order valence-corrected chi connectivity index (χ3v) is 5.77. The normalized spacial score (nSPS) is 21.0. The minimum atomic E-state index is -0.0346. The van der Waals surface area contributed by atoms with Gasteiger partial charge in [0.15, 0.2) is 0 Å². The standard InChI is InChI=1S/C17H24N2O3S/c1-3-14(20)18-16-15(17(21)19-6-8-22-9-7-19)12-5-4-11(2)10-13(12)23-16/h11H,3-10H2,1-2H3,(H,18,20)/t11-/m0/s1. The van der Waals surface area contributed by atoms with Crippen molar-refractivity contribution in [3.63, 3.8) is 0 Å². The first-order chi connectivity index (χ1) is 11.1. The molecule has 1 aromatic rings. The molecule has 2 heterocycles. The van der Waals surface area contributed by atoms with Crippen LogP contribution in [0.15, 0.2) is 0 Å². The van der Waals surface area contributed by atoms with Crippen LogP contribution < -0.4 is 5.32 Å². The molecule has 1 fully saturated rings. The predicted molar refractivity (Wildman–Crippen MR) is 91.2 cm³/mol. The number of thiophene rings is 1. The second-order valence-corrected chi connectivity index (χ2v) is 7.47. The number of rotatable bonds is 3. The molecule has 1 saturated heterocycles. The number of fused-ring (bicyclic) bond motifs is 1. The molecule has 1 atom stereocenters. The lowest BCUT2D eigenvalue weighted by molar-refractivity contribution is -0.115. The average molecular weight is 336 g/mol. The summed E-state index contributed by atoms with van der Waals surface area (Å²) in [7, 11) is 0. The van der Waals surface area contributed by atoms with Crippen molar-refractivity contribution in [2.24, 2.45) is 5.92 Å². The van der Waals surface area contributed by atoms with Crippen molar-refractivity contribution in [2.45, 2.75) is 39.5 Å². The highest BCUT2D eigenvalue weighted by Crippen LogP contribution is 2.40. The Balaban J connectivity index is 1.95. The van der Waals surface area contributed by atoms with Crippen LogP contribution in [0.5, 0.6) is 0 Å². The van der Waals surface area contributed by atoms with E-state index in [1.54, 1.807) is 11.3 Å². The van der Waals surface area contributed by atoms with Crippen LogP contribution in [0, 0.1) is 5.92 Å². The minimum Gasteiger partial charge on any atom is -0.378 e. The maximum absolute atomic E-state index is 13.0. The van der Waals surface area contributed by atoms with Gasteiger partial charge in [-0.05, 0) is 30.7 Å². The van der Waals surface area contributed by atoms with Gasteiger partial charge in [-0.15, -0.1) is 11.3 Å². The Kier molecular flexibility index (Phi) is 5.02. The molecule has 2 aliphatic rings. The van der Waals surface area contributed by atoms with Crippen LogP contribution in [0.4, 0.5) is 5.00 Å². The van der Waals surface area contributed by atoms with Crippen LogP contribution in [0.2, 0.25) is 0 Å². The summed E-state index contributed by atoms with van der Waals surface area (Å²) in [5.41, 5.74) is 1.90. The molecule has 1 aliphatic carbocycles. The van der Waals surface area contributed by atoms with Crippen molar-refractivity contribution < 1.29 is 14.3 Å². The average Bonchev–Trinajstić information content (AvgIpc) is 2.91. The molecular formula is C17H24N2O3S. The number of carbonyl (C=O) groups excluding carboxylic acids is 2. The quantitative estimate of drug-likeness (QED) is 0.923. The van der Waals surface area contributed by atoms with E-state index in [-0.39, 0.29) is 11.8 Å². The molecule has 1 N–H and O–H groups in total. The van der Waals surface area contributed by atoms with E-state index in [9.17, 15) is 9.59 Å². The molecule has 23 heavy (non-hydrogen) atoms. The van der Waals surface area contributed by atoms with Gasteiger partial charge in [0.25, 0.3) is 5.91 Å². The van der Waals surface area contributed by atoms with E-state index in [1.807, 2.05) is 11.8 Å². The number of morpholine rings is 1. The molecular weight excluding hydrogens is 312 g/mol. The van der Waals surface area contributed by atoms with E-state index in [1.165, 1.54) is 4.88 Å². The zero-order chi connectivity index (χ0) is 16.4. The van der Waals surface area contributed by atoms with Crippen LogP contribution >= 0.6 is 11.3 Å². The summed E-state index contributed by atoms with van der Waals surface area (Å²) in [6, 6.07) is 0. The topological polar surface area (TPSA) is 58.6 Å². The van der Waals surface area contributed by atoms with Crippen molar-refractivity contribution >= 4 is 28.2 Å². The summed E-state index contributed by atoms with van der Waals surface area (Å²) in [4.78, 5) is 28.0. The summed E-state index contributed by atoms with van der Waals surface area (Å²) < 4.78 is 5.35. The number of nitrogens with one attached hydrogen (secondary N) is 1. The fourth-order valence-electron chi connectivity index (χ4n) is 3.20. The van der Waals surface area contributed by atoms with Crippen LogP contribution in [0.25, 0.3) is 0 Å². The number of hydrogen-bond acceptors (Lipinski definition) is 4. The maximum atomic E-state index is 13.0. The van der Waals surface area contributed by atoms with Gasteiger partial charge in [-0.2, -0.15) is 0 Å². The summed E-state index contributed by atoms with van der Waals surface area (Å²) in [6.45, 7) is 6.50. The first-order valence-electron chi connectivity index (χ1n) is 8.41. The Morgan fingerprint density at radius 3 is 2.78 bits per heavy atom. The highest BCUT2D eigenvalue weighted by molar-refractivity contribution is 7.17. The van der Waals surface area contributed by atoms with E-state index in [4.69, 9.17) is 4.74 Å². The fraction of sp³-hybridized carbons (Fsp3) is 0.647. The SMILES string of the molecule is CCC(=O)Nc1sc2c(c1C(=O)N1CCOCC1)CC[C@H](C)C2. The summed E-state index contributed by atoms with van der Waals surface area (Å²) in [5, 5.41) is 3.70. The zero-order valence-corrected chi connectivity index (χ0v) is 14.6. The Bertz CT molecular complexity index is 605. The number of anilines is 1. The van der Waals surface area contributed by atoms with E-state index in [2.05, 4.69) is 12.2 Å². The largest absolute Gasteiger partial charge is 0.378 e. The van der Waals surface area contributed by atoms with Gasteiger partial charge in [-0.25, -0.2) is 0 Å². The first-order valence-corrected chi connectivity index (χ1v) is 9.23. The molecule has 0 unspecified atom stereocenters. The van der Waals surface area contributed by atoms with Crippen LogP contribution in [-0.2, 0) is 22.4 Å². The summed E-state index contributed by atoms with van der Waals surface area (Å²) in [6.07, 6.45) is 3.46. The molecule has 3 rings (SSSR count). The van der Waals surface area contributed by atoms with Crippen molar-refractivity contribution in [2.75, 3.05) is 31.6 Å². The fourth-order valence-corrected chi connectivity index (χ4v) is 4.62. The molecule has 1 aromatic heterocycles. The number of ether oxygens (including phenoxy) is 1. The molecule has 1 aliphatic heterocycles. The van der Waals surface area contributed by atoms with E-state index < -0.39 is 0 Å². The molecule has 6 heteroatoms. The summed E-state index contributed by atoms with van der Waals surface area (Å²) in [5.74, 6) is 0.654. The maximum Gasteiger partial charge on any atom is 0.257 e. The van der Waals surface area contributed by atoms with Gasteiger partial charge in [0.1, 0.15) is 5.00 Å². The lowest BCUT2D eigenvalue weighted by atomic mass is 9.88. The van der Waals surface area contributed by atoms with Gasteiger partial charge in [-0.1, -0.05) is 13.8 Å². The second kappa shape index (κ2) is 7.01. The second-order valence-electron chi connectivity index (χ2n) is 6.36. The minimum absolute atomic E-state index is 0.0346. The zero-order valence-electron chi connectivity index (χ0n) is 13.8. The van der Waals surface area contributed by atoms with Crippen molar-refractivity contribution in [1.82, 2.24) is 4.90 Å². The van der Waals surface area contributed by atoms with Gasteiger partial charge in [0, 0.05) is 24.4 Å². The smallest absolute Gasteiger partial charge is 0.257 e. The number of nitrogens with zero attached hydrogens (tertiary/aromatic N) is 1. The molecule has 0 spiro atoms. The number of carbonyl (C=O) groups is 2. The van der Waals surface area contributed by atoms with Gasteiger partial charge < -0.3 is 15.0 Å². The molecule has 0 radical (unpaired) electrons. The molecule has 2 amide bonds. The highest BCUT2D eigenvalue weighted by Gasteiger charge is 2.31. The van der Waals surface area contributed by atoms with Gasteiger partial charge in [0.05, 0.1) is 18.8 Å². The highest BCUT2D eigenvalue weighted by atomic mass is 32.1. The Morgan fingerprint density at radius 1 is 1.35 bits per heavy atom. The van der Waals surface area contributed by atoms with Crippen LogP contribution in [0.3, 0.4) is 0 Å². The van der Waals surface area contributed by atoms with Crippen molar-refractivity contribution in [1.29, 1.82) is 0 Å². The monoisotopic (exact) mass is 336 g/mol. The molecule has 5 nitrogen and oxygen atoms in total. The first kappa shape index (κ1) is 16.5. The lowest BCUT2D eigenvalue weighted by Crippen LogP contribution is -2.41. The third-order valence-electron chi connectivity index (χ3n) is 4.60. The lowest BCUT2D eigenvalue weighted by Gasteiger charge is -2.28. The number of amides is 2. The van der Waals surface area contributed by atoms with Crippen molar-refractivity contribution in [3.05, 3.63) is 16.0 Å². The molecule has 0 saturated carbocycles. The van der Waals surface area contributed by atoms with Gasteiger partial charge in [0.2, 0.25) is 5.91 Å². The Morgan fingerprint density at radius 2 is 2.09 bits per heavy atom. The van der Waals surface area contributed by atoms with Crippen LogP contribution in [0.1, 0.15) is 47.5 Å². The number of hydrogen-bond donors (Lipinski definition) is 1. The molecule has 0 aromatic carbocycles. The molecule has 0 bridgehead atoms. The van der Waals surface area contributed by atoms with Gasteiger partial charge in [-0.3, -0.25) is 9.59 Å². The Labute approximate surface area is 141 Å². The van der Waals surface area contributed by atoms with Crippen molar-refractivity contribution in [3.8, 4) is 0 Å². The summed E-state index contributed by atoms with van der Waals surface area (Å²) >= 11 is 1.59. The van der Waals surface area contributed by atoms with E-state index in [0.29, 0.717) is 38.6 Å². The molecule has 126 valence electrons. The van der Waals surface area contributed by atoms with E-state index in [0.717, 1.165) is 35.4 Å². The van der Waals surface area contributed by atoms with Crippen LogP contribution in [-0.4, -0.2) is 43.0 Å². The Hall–Kier alpha value is -1.40. The van der Waals surface area contributed by atoms with Gasteiger partial charge >= 0.3 is 0 Å². The third kappa shape index (κ3) is 3.43.